The Balaban J connectivity index is 0.926. The van der Waals surface area contributed by atoms with Gasteiger partial charge in [0.15, 0.2) is 0 Å². The molecule has 3 aliphatic heterocycles. The van der Waals surface area contributed by atoms with Gasteiger partial charge in [-0.05, 0) is 101 Å². The van der Waals surface area contributed by atoms with Crippen LogP contribution < -0.4 is 14.9 Å². The Morgan fingerprint density at radius 3 is 2.40 bits per heavy atom. The summed E-state index contributed by atoms with van der Waals surface area (Å²) < 4.78 is 7.51. The van der Waals surface area contributed by atoms with Gasteiger partial charge in [-0.25, -0.2) is 0 Å². The van der Waals surface area contributed by atoms with Gasteiger partial charge in [0.05, 0.1) is 11.7 Å². The standard InChI is InChI=1S/C51H43N5S2/c1-31-15-18-39-41-27-36(44-13-4-5-22-53-44)17-20-49(41)58-51(39)50(31)56-45-14-3-2-12-38(45)40-26-35(16-19-46(40)56)33-9-6-8-32(24-33)34-10-7-11-37(25-34)55-47-21-23-52-28-42(47)43-29-54-57-30-48(43)55/h2-20,22,24-27,30-31,42-43,47,50,52,54H,21,23,28-29H2,1H3. The largest absolute Gasteiger partial charge is 0.341 e. The Hall–Kier alpha value is -5.44. The summed E-state index contributed by atoms with van der Waals surface area (Å²) in [6.07, 6.45) is 7.83. The molecule has 5 aromatic carbocycles. The van der Waals surface area contributed by atoms with Gasteiger partial charge in [0, 0.05) is 102 Å². The lowest BCUT2D eigenvalue weighted by Gasteiger charge is -2.34. The van der Waals surface area contributed by atoms with Gasteiger partial charge in [-0.1, -0.05) is 97.8 Å². The molecule has 58 heavy (non-hydrogen) atoms. The van der Waals surface area contributed by atoms with Crippen LogP contribution in [-0.4, -0.2) is 35.2 Å². The van der Waals surface area contributed by atoms with Crippen molar-refractivity contribution in [3.05, 3.63) is 161 Å². The maximum Gasteiger partial charge on any atom is 0.0750 e. The van der Waals surface area contributed by atoms with Crippen LogP contribution in [0.5, 0.6) is 0 Å². The second-order valence-electron chi connectivity index (χ2n) is 16.4. The van der Waals surface area contributed by atoms with Crippen molar-refractivity contribution in [2.75, 3.05) is 24.5 Å². The maximum atomic E-state index is 4.65. The highest BCUT2D eigenvalue weighted by atomic mass is 32.2. The van der Waals surface area contributed by atoms with Gasteiger partial charge >= 0.3 is 0 Å². The van der Waals surface area contributed by atoms with Crippen LogP contribution >= 0.6 is 23.3 Å². The Kier molecular flexibility index (Phi) is 8.26. The molecular weight excluding hydrogens is 747 g/mol. The number of anilines is 1. The number of aromatic nitrogens is 2. The molecule has 8 aromatic rings. The number of hydrogen-bond acceptors (Lipinski definition) is 6. The molecule has 0 radical (unpaired) electrons. The number of thiophene rings is 1. The van der Waals surface area contributed by atoms with Crippen molar-refractivity contribution in [3.63, 3.8) is 0 Å². The first-order chi connectivity index (χ1) is 28.7. The van der Waals surface area contributed by atoms with Gasteiger partial charge in [-0.15, -0.1) is 11.3 Å². The Labute approximate surface area is 347 Å². The van der Waals surface area contributed by atoms with Gasteiger partial charge in [0.25, 0.3) is 0 Å². The smallest absolute Gasteiger partial charge is 0.0750 e. The molecule has 5 unspecified atom stereocenters. The molecule has 4 aliphatic rings. The topological polar surface area (TPSA) is 45.1 Å². The van der Waals surface area contributed by atoms with Crippen LogP contribution in [0.2, 0.25) is 0 Å². The molecule has 3 aromatic heterocycles. The van der Waals surface area contributed by atoms with E-state index in [4.69, 9.17) is 0 Å². The lowest BCUT2D eigenvalue weighted by molar-refractivity contribution is 0.304. The number of nitrogens with zero attached hydrogens (tertiary/aromatic N) is 3. The summed E-state index contributed by atoms with van der Waals surface area (Å²) in [5.41, 5.74) is 13.9. The molecule has 0 bridgehead atoms. The van der Waals surface area contributed by atoms with Crippen molar-refractivity contribution in [1.29, 1.82) is 0 Å². The SMILES string of the molecule is CC1C=Cc2c(sc3ccc(-c4ccccn4)cc23)C1n1c2ccccc2c2cc(-c3cccc(-c4cccc(N5C6=CSNCC6C6CNCCC65)c4)c3)ccc21. The highest BCUT2D eigenvalue weighted by Gasteiger charge is 2.47. The fraction of sp³-hybridized carbons (Fsp3) is 0.196. The number of allylic oxidation sites excluding steroid dienone is 1. The fourth-order valence-electron chi connectivity index (χ4n) is 10.5. The molecule has 2 fully saturated rings. The zero-order valence-electron chi connectivity index (χ0n) is 32.3. The fourth-order valence-corrected chi connectivity index (χ4v) is 12.7. The summed E-state index contributed by atoms with van der Waals surface area (Å²) in [5.74, 6) is 1.53. The minimum Gasteiger partial charge on any atom is -0.341 e. The highest BCUT2D eigenvalue weighted by Crippen LogP contribution is 2.49. The van der Waals surface area contributed by atoms with E-state index in [1.807, 2.05) is 23.6 Å². The first-order valence-electron chi connectivity index (χ1n) is 20.7. The summed E-state index contributed by atoms with van der Waals surface area (Å²) in [6, 6.07) is 48.3. The van der Waals surface area contributed by atoms with Crippen molar-refractivity contribution >= 4 is 66.9 Å². The first kappa shape index (κ1) is 34.6. The van der Waals surface area contributed by atoms with Crippen molar-refractivity contribution in [1.82, 2.24) is 19.6 Å². The maximum absolute atomic E-state index is 4.65. The summed E-state index contributed by atoms with van der Waals surface area (Å²) in [5, 5.41) is 9.96. The lowest BCUT2D eigenvalue weighted by Crippen LogP contribution is -2.45. The summed E-state index contributed by atoms with van der Waals surface area (Å²) in [4.78, 5) is 8.76. The molecule has 1 aliphatic carbocycles. The van der Waals surface area contributed by atoms with Gasteiger partial charge in [0.2, 0.25) is 0 Å². The predicted octanol–water partition coefficient (Wildman–Crippen LogP) is 12.2. The minimum absolute atomic E-state index is 0.185. The number of benzene rings is 5. The van der Waals surface area contributed by atoms with Gasteiger partial charge in [-0.3, -0.25) is 9.71 Å². The zero-order chi connectivity index (χ0) is 38.3. The van der Waals surface area contributed by atoms with Crippen LogP contribution in [0.25, 0.3) is 71.5 Å². The molecule has 0 spiro atoms. The van der Waals surface area contributed by atoms with Crippen LogP contribution in [0.3, 0.4) is 0 Å². The van der Waals surface area contributed by atoms with Crippen molar-refractivity contribution in [2.45, 2.75) is 25.4 Å². The average molecular weight is 790 g/mol. The first-order valence-corrected chi connectivity index (χ1v) is 22.4. The Morgan fingerprint density at radius 1 is 0.707 bits per heavy atom. The molecule has 5 atom stereocenters. The van der Waals surface area contributed by atoms with E-state index in [0.717, 1.165) is 30.9 Å². The molecule has 2 saturated heterocycles. The summed E-state index contributed by atoms with van der Waals surface area (Å²) in [7, 11) is 0. The summed E-state index contributed by atoms with van der Waals surface area (Å²) >= 11 is 3.69. The molecular formula is C51H43N5S2. The van der Waals surface area contributed by atoms with Crippen molar-refractivity contribution < 1.29 is 0 Å². The van der Waals surface area contributed by atoms with Gasteiger partial charge in [0.1, 0.15) is 0 Å². The zero-order valence-corrected chi connectivity index (χ0v) is 33.9. The monoisotopic (exact) mass is 789 g/mol. The molecule has 12 rings (SSSR count). The number of piperidine rings is 1. The molecule has 284 valence electrons. The van der Waals surface area contributed by atoms with E-state index in [0.29, 0.717) is 23.8 Å². The lowest BCUT2D eigenvalue weighted by atomic mass is 9.86. The van der Waals surface area contributed by atoms with E-state index >= 15 is 0 Å². The van der Waals surface area contributed by atoms with Crippen LogP contribution in [-0.2, 0) is 0 Å². The normalized spacial score (nSPS) is 22.6. The Bertz CT molecular complexity index is 2960. The number of fused-ring (bicyclic) bond motifs is 9. The van der Waals surface area contributed by atoms with E-state index in [2.05, 4.69) is 170 Å². The van der Waals surface area contributed by atoms with E-state index in [1.54, 1.807) is 11.9 Å². The van der Waals surface area contributed by atoms with E-state index in [9.17, 15) is 0 Å². The third-order valence-corrected chi connectivity index (χ3v) is 15.2. The third kappa shape index (κ3) is 5.48. The quantitative estimate of drug-likeness (QED) is 0.170. The van der Waals surface area contributed by atoms with Gasteiger partial charge < -0.3 is 14.8 Å². The number of nitrogens with one attached hydrogen (secondary N) is 2. The summed E-state index contributed by atoms with van der Waals surface area (Å²) in [6.45, 7) is 5.59. The van der Waals surface area contributed by atoms with Crippen LogP contribution in [0, 0.1) is 17.8 Å². The Morgan fingerprint density at radius 2 is 1.50 bits per heavy atom. The minimum atomic E-state index is 0.185. The second-order valence-corrected chi connectivity index (χ2v) is 18.3. The van der Waals surface area contributed by atoms with E-state index in [-0.39, 0.29) is 6.04 Å². The second kappa shape index (κ2) is 13.8. The number of para-hydroxylation sites is 1. The molecule has 2 N–H and O–H groups in total. The van der Waals surface area contributed by atoms with Crippen LogP contribution in [0.1, 0.15) is 29.8 Å². The predicted molar refractivity (Wildman–Crippen MR) is 246 cm³/mol. The van der Waals surface area contributed by atoms with Crippen LogP contribution in [0.15, 0.2) is 151 Å². The van der Waals surface area contributed by atoms with Crippen molar-refractivity contribution in [3.8, 4) is 33.5 Å². The van der Waals surface area contributed by atoms with Gasteiger partial charge in [-0.2, -0.15) is 0 Å². The van der Waals surface area contributed by atoms with E-state index < -0.39 is 0 Å². The van der Waals surface area contributed by atoms with Crippen LogP contribution in [0.4, 0.5) is 5.69 Å². The van der Waals surface area contributed by atoms with Crippen molar-refractivity contribution in [2.24, 2.45) is 17.8 Å². The molecule has 5 nitrogen and oxygen atoms in total. The molecule has 0 saturated carbocycles. The number of rotatable bonds is 5. The average Bonchev–Trinajstić information content (AvgIpc) is 3.94. The highest BCUT2D eigenvalue weighted by molar-refractivity contribution is 8.00. The third-order valence-electron chi connectivity index (χ3n) is 13.3. The van der Waals surface area contributed by atoms with E-state index in [1.165, 1.54) is 82.4 Å². The molecule has 0 amide bonds. The number of hydrogen-bond donors (Lipinski definition) is 2. The molecule has 7 heteroatoms. The molecule has 6 heterocycles. The number of pyridine rings is 1.